The summed E-state index contributed by atoms with van der Waals surface area (Å²) in [6.45, 7) is 3.54. The topological polar surface area (TPSA) is 72.0 Å². The Morgan fingerprint density at radius 2 is 1.94 bits per heavy atom. The van der Waals surface area contributed by atoms with Crippen LogP contribution >= 0.6 is 0 Å². The summed E-state index contributed by atoms with van der Waals surface area (Å²) in [6, 6.07) is 3.61. The molecule has 2 atom stereocenters. The van der Waals surface area contributed by atoms with E-state index in [0.29, 0.717) is 11.7 Å². The Labute approximate surface area is 93.1 Å². The summed E-state index contributed by atoms with van der Waals surface area (Å²) in [6.07, 6.45) is 2.83. The highest BCUT2D eigenvalue weighted by Crippen LogP contribution is 2.21. The fraction of sp³-hybridized carbons (Fsp3) is 0.364. The smallest absolute Gasteiger partial charge is 0.232 e. The SMILES string of the molecule is CC(O)C(C)c1nc(-c2ccncc2)no1. The second-order valence-electron chi connectivity index (χ2n) is 3.72. The monoisotopic (exact) mass is 219 g/mol. The minimum atomic E-state index is -0.509. The zero-order valence-electron chi connectivity index (χ0n) is 9.16. The maximum Gasteiger partial charge on any atom is 0.232 e. The van der Waals surface area contributed by atoms with E-state index in [0.717, 1.165) is 5.56 Å². The van der Waals surface area contributed by atoms with Gasteiger partial charge in [0.05, 0.1) is 12.0 Å². The van der Waals surface area contributed by atoms with Crippen LogP contribution in [0, 0.1) is 0 Å². The molecule has 2 aromatic rings. The minimum absolute atomic E-state index is 0.164. The largest absolute Gasteiger partial charge is 0.393 e. The summed E-state index contributed by atoms with van der Waals surface area (Å²) in [4.78, 5) is 8.15. The van der Waals surface area contributed by atoms with Crippen molar-refractivity contribution < 1.29 is 9.63 Å². The van der Waals surface area contributed by atoms with E-state index in [1.54, 1.807) is 19.3 Å². The highest BCUT2D eigenvalue weighted by molar-refractivity contribution is 5.52. The van der Waals surface area contributed by atoms with Crippen LogP contribution < -0.4 is 0 Å². The highest BCUT2D eigenvalue weighted by atomic mass is 16.5. The first kappa shape index (κ1) is 10.8. The average Bonchev–Trinajstić information content (AvgIpc) is 2.78. The Balaban J connectivity index is 2.27. The molecule has 84 valence electrons. The lowest BCUT2D eigenvalue weighted by Gasteiger charge is -2.07. The van der Waals surface area contributed by atoms with E-state index in [-0.39, 0.29) is 5.92 Å². The normalized spacial score (nSPS) is 14.7. The van der Waals surface area contributed by atoms with Gasteiger partial charge in [0, 0.05) is 18.0 Å². The van der Waals surface area contributed by atoms with E-state index in [2.05, 4.69) is 15.1 Å². The van der Waals surface area contributed by atoms with Crippen LogP contribution in [-0.2, 0) is 0 Å². The molecule has 5 heteroatoms. The maximum atomic E-state index is 9.42. The van der Waals surface area contributed by atoms with Crippen molar-refractivity contribution in [2.75, 3.05) is 0 Å². The summed E-state index contributed by atoms with van der Waals surface area (Å²) in [5, 5.41) is 13.3. The number of hydrogen-bond acceptors (Lipinski definition) is 5. The van der Waals surface area contributed by atoms with Crippen LogP contribution in [0.2, 0.25) is 0 Å². The molecule has 0 saturated carbocycles. The van der Waals surface area contributed by atoms with E-state index in [1.165, 1.54) is 0 Å². The predicted octanol–water partition coefficient (Wildman–Crippen LogP) is 1.62. The van der Waals surface area contributed by atoms with Gasteiger partial charge in [0.2, 0.25) is 11.7 Å². The molecule has 0 saturated heterocycles. The molecule has 0 fully saturated rings. The summed E-state index contributed by atoms with van der Waals surface area (Å²) in [5.74, 6) is 0.801. The Bertz CT molecular complexity index is 453. The van der Waals surface area contributed by atoms with Crippen molar-refractivity contribution in [1.29, 1.82) is 0 Å². The van der Waals surface area contributed by atoms with Crippen molar-refractivity contribution in [2.24, 2.45) is 0 Å². The van der Waals surface area contributed by atoms with Crippen molar-refractivity contribution >= 4 is 0 Å². The Kier molecular flexibility index (Phi) is 2.96. The number of aromatic nitrogens is 3. The molecule has 2 unspecified atom stereocenters. The fourth-order valence-electron chi connectivity index (χ4n) is 1.24. The highest BCUT2D eigenvalue weighted by Gasteiger charge is 2.19. The molecule has 0 bridgehead atoms. The van der Waals surface area contributed by atoms with Crippen molar-refractivity contribution in [1.82, 2.24) is 15.1 Å². The third-order valence-electron chi connectivity index (χ3n) is 2.49. The third kappa shape index (κ3) is 2.09. The summed E-state index contributed by atoms with van der Waals surface area (Å²) in [7, 11) is 0. The summed E-state index contributed by atoms with van der Waals surface area (Å²) < 4.78 is 5.10. The quantitative estimate of drug-likeness (QED) is 0.849. The molecule has 16 heavy (non-hydrogen) atoms. The van der Waals surface area contributed by atoms with Gasteiger partial charge in [-0.25, -0.2) is 0 Å². The predicted molar refractivity (Wildman–Crippen MR) is 57.6 cm³/mol. The van der Waals surface area contributed by atoms with Gasteiger partial charge in [-0.2, -0.15) is 4.98 Å². The lowest BCUT2D eigenvalue weighted by molar-refractivity contribution is 0.151. The Morgan fingerprint density at radius 1 is 1.25 bits per heavy atom. The molecule has 1 N–H and O–H groups in total. The van der Waals surface area contributed by atoms with Crippen molar-refractivity contribution in [2.45, 2.75) is 25.9 Å². The van der Waals surface area contributed by atoms with Gasteiger partial charge >= 0.3 is 0 Å². The van der Waals surface area contributed by atoms with Crippen LogP contribution in [-0.4, -0.2) is 26.3 Å². The minimum Gasteiger partial charge on any atom is -0.393 e. The first-order valence-electron chi connectivity index (χ1n) is 5.10. The molecule has 2 aromatic heterocycles. The number of rotatable bonds is 3. The van der Waals surface area contributed by atoms with Gasteiger partial charge in [0.15, 0.2) is 0 Å². The first-order chi connectivity index (χ1) is 7.68. The molecule has 0 aromatic carbocycles. The van der Waals surface area contributed by atoms with E-state index >= 15 is 0 Å². The maximum absolute atomic E-state index is 9.42. The van der Waals surface area contributed by atoms with E-state index in [9.17, 15) is 5.11 Å². The standard InChI is InChI=1S/C11H13N3O2/c1-7(8(2)15)11-13-10(14-16-11)9-3-5-12-6-4-9/h3-8,15H,1-2H3. The first-order valence-corrected chi connectivity index (χ1v) is 5.10. The Hall–Kier alpha value is -1.75. The van der Waals surface area contributed by atoms with Crippen molar-refractivity contribution in [3.63, 3.8) is 0 Å². The molecule has 0 amide bonds. The van der Waals surface area contributed by atoms with Gasteiger partial charge in [-0.05, 0) is 19.1 Å². The van der Waals surface area contributed by atoms with Crippen LogP contribution in [0.5, 0.6) is 0 Å². The number of hydrogen-bond donors (Lipinski definition) is 1. The molecule has 0 radical (unpaired) electrons. The second kappa shape index (κ2) is 4.40. The molecule has 0 aliphatic heterocycles. The van der Waals surface area contributed by atoms with Crippen LogP contribution in [0.1, 0.15) is 25.7 Å². The number of aliphatic hydroxyl groups is 1. The molecule has 0 aliphatic carbocycles. The van der Waals surface area contributed by atoms with E-state index in [1.807, 2.05) is 19.1 Å². The number of pyridine rings is 1. The molecule has 0 spiro atoms. The van der Waals surface area contributed by atoms with E-state index in [4.69, 9.17) is 4.52 Å². The molecular formula is C11H13N3O2. The van der Waals surface area contributed by atoms with Crippen molar-refractivity contribution in [3.8, 4) is 11.4 Å². The van der Waals surface area contributed by atoms with Crippen LogP contribution in [0.3, 0.4) is 0 Å². The van der Waals surface area contributed by atoms with Crippen LogP contribution in [0.15, 0.2) is 29.0 Å². The van der Waals surface area contributed by atoms with Gasteiger partial charge in [0.25, 0.3) is 0 Å². The van der Waals surface area contributed by atoms with Crippen LogP contribution in [0.25, 0.3) is 11.4 Å². The lowest BCUT2D eigenvalue weighted by atomic mass is 10.1. The van der Waals surface area contributed by atoms with Gasteiger partial charge < -0.3 is 9.63 Å². The lowest BCUT2D eigenvalue weighted by Crippen LogP contribution is -2.11. The molecule has 2 rings (SSSR count). The van der Waals surface area contributed by atoms with Gasteiger partial charge in [0.1, 0.15) is 0 Å². The van der Waals surface area contributed by atoms with Gasteiger partial charge in [-0.15, -0.1) is 0 Å². The Morgan fingerprint density at radius 3 is 2.56 bits per heavy atom. The van der Waals surface area contributed by atoms with Gasteiger partial charge in [-0.3, -0.25) is 4.98 Å². The molecule has 5 nitrogen and oxygen atoms in total. The zero-order valence-corrected chi connectivity index (χ0v) is 9.16. The number of nitrogens with zero attached hydrogens (tertiary/aromatic N) is 3. The molecular weight excluding hydrogens is 206 g/mol. The number of aliphatic hydroxyl groups excluding tert-OH is 1. The second-order valence-corrected chi connectivity index (χ2v) is 3.72. The van der Waals surface area contributed by atoms with Gasteiger partial charge in [-0.1, -0.05) is 12.1 Å². The average molecular weight is 219 g/mol. The van der Waals surface area contributed by atoms with Crippen molar-refractivity contribution in [3.05, 3.63) is 30.4 Å². The summed E-state index contributed by atoms with van der Waals surface area (Å²) in [5.41, 5.74) is 0.850. The molecule has 0 aliphatic rings. The summed E-state index contributed by atoms with van der Waals surface area (Å²) >= 11 is 0. The van der Waals surface area contributed by atoms with Crippen LogP contribution in [0.4, 0.5) is 0 Å². The van der Waals surface area contributed by atoms with E-state index < -0.39 is 6.10 Å². The molecule has 2 heterocycles. The fourth-order valence-corrected chi connectivity index (χ4v) is 1.24. The third-order valence-corrected chi connectivity index (χ3v) is 2.49. The zero-order chi connectivity index (χ0) is 11.5.